The monoisotopic (exact) mass is 847 g/mol. The predicted molar refractivity (Wildman–Crippen MR) is 237 cm³/mol. The van der Waals surface area contributed by atoms with Gasteiger partial charge in [0.1, 0.15) is 35.9 Å². The van der Waals surface area contributed by atoms with Crippen molar-refractivity contribution in [1.82, 2.24) is 14.5 Å². The summed E-state index contributed by atoms with van der Waals surface area (Å²) in [6.07, 6.45) is 9.03. The molecule has 0 saturated carbocycles. The van der Waals surface area contributed by atoms with Crippen molar-refractivity contribution in [2.24, 2.45) is 4.99 Å². The highest BCUT2D eigenvalue weighted by Gasteiger charge is 2.28. The number of carbonyl (C=O) groups excluding carboxylic acids is 1. The van der Waals surface area contributed by atoms with E-state index in [1.165, 1.54) is 14.2 Å². The Kier molecular flexibility index (Phi) is 12.9. The third-order valence-corrected chi connectivity index (χ3v) is 11.2. The van der Waals surface area contributed by atoms with E-state index in [9.17, 15) is 19.7 Å². The lowest BCUT2D eigenvalue weighted by molar-refractivity contribution is -0.880. The number of rotatable bonds is 16. The molecule has 2 aliphatic heterocycles. The number of nitrogens with zero attached hydrogens (tertiary/aromatic N) is 7. The van der Waals surface area contributed by atoms with Crippen LogP contribution in [-0.4, -0.2) is 104 Å². The van der Waals surface area contributed by atoms with Gasteiger partial charge < -0.3 is 43.6 Å². The van der Waals surface area contributed by atoms with Crippen molar-refractivity contribution in [1.29, 1.82) is 0 Å². The summed E-state index contributed by atoms with van der Waals surface area (Å²) in [4.78, 5) is 54.5. The van der Waals surface area contributed by atoms with Gasteiger partial charge in [0.2, 0.25) is 0 Å². The van der Waals surface area contributed by atoms with Crippen molar-refractivity contribution in [2.75, 3.05) is 77.9 Å². The summed E-state index contributed by atoms with van der Waals surface area (Å²) in [7, 11) is 6.95. The van der Waals surface area contributed by atoms with Crippen molar-refractivity contribution in [3.8, 4) is 22.6 Å². The maximum Gasteiger partial charge on any atom is 0.368 e. The predicted octanol–water partition coefficient (Wildman–Crippen LogP) is 7.03. The van der Waals surface area contributed by atoms with Crippen molar-refractivity contribution in [3.63, 3.8) is 0 Å². The number of anilines is 3. The Morgan fingerprint density at radius 1 is 1.03 bits per heavy atom. The first-order chi connectivity index (χ1) is 29.3. The number of likely N-dealkylation sites (N-methyl/N-ethyl adjacent to an activating group) is 1. The van der Waals surface area contributed by atoms with Gasteiger partial charge in [-0.15, -0.1) is 0 Å². The average Bonchev–Trinajstić information content (AvgIpc) is 3.72. The molecular formula is C45H48ClN8O7+. The van der Waals surface area contributed by atoms with Crippen LogP contribution in [0.1, 0.15) is 30.5 Å². The lowest BCUT2D eigenvalue weighted by Crippen LogP contribution is -2.41. The fraction of sp³-hybridized carbons (Fsp3) is 0.311. The van der Waals surface area contributed by atoms with Gasteiger partial charge in [0, 0.05) is 60.8 Å². The normalized spacial score (nSPS) is 14.8. The van der Waals surface area contributed by atoms with Gasteiger partial charge in [-0.25, -0.2) is 9.97 Å². The van der Waals surface area contributed by atoms with E-state index >= 15 is 0 Å². The molecule has 7 rings (SSSR count). The first kappa shape index (κ1) is 42.7. The number of allylic oxidation sites excluding steroid dienone is 1. The van der Waals surface area contributed by atoms with Crippen molar-refractivity contribution >= 4 is 51.8 Å². The number of hydrogen-bond donors (Lipinski definition) is 1. The number of nitrogens with one attached hydrogen (secondary N) is 1. The first-order valence-corrected chi connectivity index (χ1v) is 20.2. The molecule has 316 valence electrons. The van der Waals surface area contributed by atoms with Crippen LogP contribution in [0.15, 0.2) is 106 Å². The molecule has 15 nitrogen and oxygen atoms in total. The fourth-order valence-electron chi connectivity index (χ4n) is 7.67. The molecule has 3 aromatic heterocycles. The number of morpholine rings is 1. The number of methoxy groups -OCH3 is 2. The van der Waals surface area contributed by atoms with E-state index in [0.717, 1.165) is 29.9 Å². The Bertz CT molecular complexity index is 2620. The zero-order chi connectivity index (χ0) is 43.3. The summed E-state index contributed by atoms with van der Waals surface area (Å²) in [5.41, 5.74) is 4.33. The Labute approximate surface area is 358 Å². The highest BCUT2D eigenvalue weighted by Crippen LogP contribution is 2.39. The maximum atomic E-state index is 14.9. The molecular weight excluding hydrogens is 800 g/mol. The summed E-state index contributed by atoms with van der Waals surface area (Å²) in [5, 5.41) is 15.6. The molecule has 2 aliphatic rings. The van der Waals surface area contributed by atoms with E-state index in [1.54, 1.807) is 47.3 Å². The van der Waals surface area contributed by atoms with Crippen LogP contribution in [0.25, 0.3) is 22.0 Å². The second kappa shape index (κ2) is 18.5. The number of aliphatic imine (C=N–C) groups is 1. The molecule has 0 bridgehead atoms. The molecule has 0 aliphatic carbocycles. The largest absolute Gasteiger partial charge is 0.497 e. The summed E-state index contributed by atoms with van der Waals surface area (Å²) < 4.78 is 18.7. The van der Waals surface area contributed by atoms with Crippen LogP contribution in [0, 0.1) is 10.1 Å². The van der Waals surface area contributed by atoms with Gasteiger partial charge in [0.25, 0.3) is 5.56 Å². The van der Waals surface area contributed by atoms with Crippen LogP contribution in [-0.2, 0) is 16.0 Å². The molecule has 1 unspecified atom stereocenters. The van der Waals surface area contributed by atoms with Crippen LogP contribution in [0.5, 0.6) is 11.5 Å². The molecule has 0 amide bonds. The van der Waals surface area contributed by atoms with Crippen LogP contribution < -0.4 is 25.2 Å². The minimum absolute atomic E-state index is 0.0942. The minimum atomic E-state index is -0.510. The number of halogens is 1. The van der Waals surface area contributed by atoms with E-state index in [-0.39, 0.29) is 28.6 Å². The number of hydrogen-bond acceptors (Lipinski definition) is 12. The second-order valence-corrected chi connectivity index (χ2v) is 16.0. The van der Waals surface area contributed by atoms with Crippen molar-refractivity contribution in [3.05, 3.63) is 133 Å². The minimum Gasteiger partial charge on any atom is -0.497 e. The molecule has 1 saturated heterocycles. The second-order valence-electron chi connectivity index (χ2n) is 15.6. The Morgan fingerprint density at radius 2 is 1.82 bits per heavy atom. The summed E-state index contributed by atoms with van der Waals surface area (Å²) in [5.74, 6) is 1.73. The van der Waals surface area contributed by atoms with Gasteiger partial charge >= 0.3 is 5.82 Å². The first-order valence-electron chi connectivity index (χ1n) is 19.9. The topological polar surface area (TPSA) is 163 Å². The van der Waals surface area contributed by atoms with Gasteiger partial charge in [0.05, 0.1) is 82.1 Å². The van der Waals surface area contributed by atoms with E-state index in [1.807, 2.05) is 69.7 Å². The molecule has 16 heteroatoms. The number of pyridine rings is 3. The molecule has 2 aromatic carbocycles. The summed E-state index contributed by atoms with van der Waals surface area (Å²) in [6.45, 7) is 5.82. The summed E-state index contributed by atoms with van der Waals surface area (Å²) in [6, 6.07) is 18.0. The van der Waals surface area contributed by atoms with Gasteiger partial charge in [-0.3, -0.25) is 9.59 Å². The van der Waals surface area contributed by atoms with Crippen LogP contribution in [0.3, 0.4) is 0 Å². The number of aromatic nitrogens is 3. The average molecular weight is 848 g/mol. The Balaban J connectivity index is 1.19. The molecule has 1 fully saturated rings. The summed E-state index contributed by atoms with van der Waals surface area (Å²) >= 11 is 6.87. The van der Waals surface area contributed by atoms with Crippen LogP contribution in [0.2, 0.25) is 5.02 Å². The van der Waals surface area contributed by atoms with E-state index in [2.05, 4.69) is 20.2 Å². The molecule has 5 heterocycles. The lowest BCUT2D eigenvalue weighted by atomic mass is 9.99. The molecule has 61 heavy (non-hydrogen) atoms. The van der Waals surface area contributed by atoms with E-state index in [0.29, 0.717) is 87.9 Å². The quantitative estimate of drug-likeness (QED) is 0.0470. The van der Waals surface area contributed by atoms with Gasteiger partial charge in [-0.1, -0.05) is 40.9 Å². The lowest BCUT2D eigenvalue weighted by Gasteiger charge is -2.28. The van der Waals surface area contributed by atoms with Crippen molar-refractivity contribution in [2.45, 2.75) is 25.8 Å². The SMILES string of the molecule is COc1cc(OC)c(Cl)c(-c2cc3cnc(Nc4ccc(N5CCOCC5)cn4)cc3n(C(C)c3cccc(CC(=O)/C=C/C[N+](C)(C)CC4=C([N+](=O)[O-])N=CC4)c3)c2=O)c1. The smallest absolute Gasteiger partial charge is 0.368 e. The molecule has 1 atom stereocenters. The van der Waals surface area contributed by atoms with Crippen molar-refractivity contribution < 1.29 is 28.4 Å². The number of quaternary nitrogens is 1. The Hall–Kier alpha value is -6.42. The molecule has 5 aromatic rings. The third kappa shape index (κ3) is 9.80. The highest BCUT2D eigenvalue weighted by molar-refractivity contribution is 6.35. The molecule has 1 N–H and O–H groups in total. The standard InChI is InChI=1S/C45H47ClN8O7/c1-29(31-9-6-8-30(20-31)21-35(55)10-7-17-54(2,3)28-32-13-14-47-44(32)53(57)58)52-39-25-42(50-41-12-11-34(27-49-41)51-15-18-61-19-16-51)48-26-33(39)22-38(45(52)56)37-23-36(59-4)24-40(60-5)43(37)46/h6-12,14,20,22-27,29H,13,15-19,21,28H2,1-5H3/p+1/b10-7+. The van der Waals surface area contributed by atoms with Crippen LogP contribution >= 0.6 is 11.6 Å². The fourth-order valence-corrected chi connectivity index (χ4v) is 7.96. The van der Waals surface area contributed by atoms with Gasteiger partial charge in [0.15, 0.2) is 5.78 Å². The zero-order valence-electron chi connectivity index (χ0n) is 34.8. The number of benzene rings is 2. The highest BCUT2D eigenvalue weighted by atomic mass is 35.5. The number of nitro groups is 1. The Morgan fingerprint density at radius 3 is 2.54 bits per heavy atom. The third-order valence-electron chi connectivity index (χ3n) is 10.8. The number of ketones is 1. The van der Waals surface area contributed by atoms with E-state index < -0.39 is 11.0 Å². The number of fused-ring (bicyclic) bond motifs is 1. The molecule has 0 spiro atoms. The number of ether oxygens (including phenoxy) is 3. The van der Waals surface area contributed by atoms with E-state index in [4.69, 9.17) is 30.8 Å². The van der Waals surface area contributed by atoms with Crippen LogP contribution in [0.4, 0.5) is 17.3 Å². The maximum absolute atomic E-state index is 14.9. The zero-order valence-corrected chi connectivity index (χ0v) is 35.5. The van der Waals surface area contributed by atoms with Gasteiger partial charge in [-0.05, 0) is 59.4 Å². The molecule has 0 radical (unpaired) electrons. The van der Waals surface area contributed by atoms with Gasteiger partial charge in [-0.2, -0.15) is 0 Å². The number of carbonyl (C=O) groups is 1.